The molecule has 6 nitrogen and oxygen atoms in total. The number of ether oxygens (including phenoxy) is 2. The van der Waals surface area contributed by atoms with Gasteiger partial charge in [0.2, 0.25) is 0 Å². The van der Waals surface area contributed by atoms with Crippen LogP contribution in [-0.2, 0) is 11.3 Å². The second-order valence-corrected chi connectivity index (χ2v) is 7.50. The highest BCUT2D eigenvalue weighted by molar-refractivity contribution is 6.04. The molecule has 4 rings (SSSR count). The molecule has 1 saturated heterocycles. The van der Waals surface area contributed by atoms with Gasteiger partial charge in [0.25, 0.3) is 11.9 Å². The average molecular weight is 393 g/mol. The number of carbonyl (C=O) groups is 1. The Morgan fingerprint density at radius 2 is 1.93 bits per heavy atom. The van der Waals surface area contributed by atoms with E-state index in [2.05, 4.69) is 27.3 Å². The molecule has 29 heavy (non-hydrogen) atoms. The molecular weight excluding hydrogens is 366 g/mol. The van der Waals surface area contributed by atoms with E-state index >= 15 is 0 Å². The van der Waals surface area contributed by atoms with Gasteiger partial charge in [-0.25, -0.2) is 4.99 Å². The van der Waals surface area contributed by atoms with Crippen molar-refractivity contribution in [1.29, 1.82) is 0 Å². The Labute approximate surface area is 171 Å². The normalized spacial score (nSPS) is 19.3. The van der Waals surface area contributed by atoms with Crippen molar-refractivity contribution in [2.24, 2.45) is 4.99 Å². The number of amides is 1. The summed E-state index contributed by atoms with van der Waals surface area (Å²) < 4.78 is 11.6. The zero-order chi connectivity index (χ0) is 19.9. The Hall–Kier alpha value is -2.86. The van der Waals surface area contributed by atoms with Crippen LogP contribution in [0.4, 0.5) is 0 Å². The molecular formula is C23H27N3O3. The third-order valence-corrected chi connectivity index (χ3v) is 5.16. The molecule has 0 aliphatic carbocycles. The van der Waals surface area contributed by atoms with Crippen LogP contribution in [0.5, 0.6) is 5.75 Å². The number of piperidine rings is 1. The van der Waals surface area contributed by atoms with Crippen molar-refractivity contribution in [2.75, 3.05) is 26.2 Å². The van der Waals surface area contributed by atoms with Crippen LogP contribution in [0.3, 0.4) is 0 Å². The van der Waals surface area contributed by atoms with Gasteiger partial charge in [-0.3, -0.25) is 15.0 Å². The first-order valence-corrected chi connectivity index (χ1v) is 10.3. The Morgan fingerprint density at radius 3 is 2.76 bits per heavy atom. The lowest BCUT2D eigenvalue weighted by Crippen LogP contribution is -2.33. The third kappa shape index (κ3) is 5.57. The molecule has 1 unspecified atom stereocenters. The maximum Gasteiger partial charge on any atom is 0.292 e. The van der Waals surface area contributed by atoms with Gasteiger partial charge in [0.05, 0.1) is 6.54 Å². The van der Waals surface area contributed by atoms with Gasteiger partial charge in [0.15, 0.2) is 6.10 Å². The van der Waals surface area contributed by atoms with Gasteiger partial charge < -0.3 is 9.47 Å². The SMILES string of the molecule is O=C(NC1=NCC(COc2cccc(CN3CCCCC3)c2)O1)c1ccccc1. The number of rotatable bonds is 6. The van der Waals surface area contributed by atoms with Gasteiger partial charge in [0.1, 0.15) is 12.4 Å². The Balaban J connectivity index is 1.23. The fourth-order valence-electron chi connectivity index (χ4n) is 3.63. The van der Waals surface area contributed by atoms with Crippen molar-refractivity contribution in [3.05, 3.63) is 65.7 Å². The van der Waals surface area contributed by atoms with Gasteiger partial charge in [-0.2, -0.15) is 0 Å². The zero-order valence-electron chi connectivity index (χ0n) is 16.5. The number of hydrogen-bond donors (Lipinski definition) is 1. The molecule has 152 valence electrons. The largest absolute Gasteiger partial charge is 0.490 e. The fourth-order valence-corrected chi connectivity index (χ4v) is 3.63. The van der Waals surface area contributed by atoms with E-state index in [1.165, 1.54) is 37.9 Å². The van der Waals surface area contributed by atoms with Crippen molar-refractivity contribution in [3.8, 4) is 5.75 Å². The summed E-state index contributed by atoms with van der Waals surface area (Å²) in [5.74, 6) is 0.612. The van der Waals surface area contributed by atoms with Gasteiger partial charge in [-0.15, -0.1) is 0 Å². The predicted molar refractivity (Wildman–Crippen MR) is 112 cm³/mol. The summed E-state index contributed by atoms with van der Waals surface area (Å²) in [5, 5.41) is 2.71. The highest BCUT2D eigenvalue weighted by Gasteiger charge is 2.22. The minimum absolute atomic E-state index is 0.202. The molecule has 6 heteroatoms. The van der Waals surface area contributed by atoms with Crippen molar-refractivity contribution < 1.29 is 14.3 Å². The summed E-state index contributed by atoms with van der Waals surface area (Å²) in [5.41, 5.74) is 1.84. The number of nitrogens with one attached hydrogen (secondary N) is 1. The van der Waals surface area contributed by atoms with Gasteiger partial charge in [-0.05, 0) is 55.8 Å². The van der Waals surface area contributed by atoms with Crippen LogP contribution in [0.1, 0.15) is 35.2 Å². The monoisotopic (exact) mass is 393 g/mol. The quantitative estimate of drug-likeness (QED) is 0.818. The third-order valence-electron chi connectivity index (χ3n) is 5.16. The molecule has 0 aromatic heterocycles. The summed E-state index contributed by atoms with van der Waals surface area (Å²) >= 11 is 0. The van der Waals surface area contributed by atoms with E-state index in [1.807, 2.05) is 30.3 Å². The predicted octanol–water partition coefficient (Wildman–Crippen LogP) is 3.24. The lowest BCUT2D eigenvalue weighted by atomic mass is 10.1. The van der Waals surface area contributed by atoms with E-state index in [9.17, 15) is 4.79 Å². The second kappa shape index (κ2) is 9.56. The molecule has 1 atom stereocenters. The first-order valence-electron chi connectivity index (χ1n) is 10.3. The van der Waals surface area contributed by atoms with E-state index in [0.717, 1.165) is 12.3 Å². The van der Waals surface area contributed by atoms with Crippen LogP contribution in [0.25, 0.3) is 0 Å². The van der Waals surface area contributed by atoms with E-state index in [4.69, 9.17) is 9.47 Å². The summed E-state index contributed by atoms with van der Waals surface area (Å²) in [7, 11) is 0. The lowest BCUT2D eigenvalue weighted by molar-refractivity contribution is 0.0950. The Bertz CT molecular complexity index is 847. The summed E-state index contributed by atoms with van der Waals surface area (Å²) in [4.78, 5) is 18.9. The standard InChI is InChI=1S/C23H27N3O3/c27-22(19-9-3-1-4-10-19)25-23-24-15-21(29-23)17-28-20-11-7-8-18(14-20)16-26-12-5-2-6-13-26/h1,3-4,7-11,14,21H,2,5-6,12-13,15-17H2,(H,24,25,27). The van der Waals surface area contributed by atoms with Crippen LogP contribution in [0.15, 0.2) is 59.6 Å². The number of nitrogens with zero attached hydrogens (tertiary/aromatic N) is 2. The van der Waals surface area contributed by atoms with Crippen LogP contribution in [0, 0.1) is 0 Å². The van der Waals surface area contributed by atoms with Crippen LogP contribution in [-0.4, -0.2) is 49.2 Å². The topological polar surface area (TPSA) is 63.2 Å². The first-order chi connectivity index (χ1) is 14.3. The van der Waals surface area contributed by atoms with Gasteiger partial charge >= 0.3 is 0 Å². The molecule has 1 amide bonds. The van der Waals surface area contributed by atoms with E-state index < -0.39 is 0 Å². The second-order valence-electron chi connectivity index (χ2n) is 7.50. The van der Waals surface area contributed by atoms with E-state index in [1.54, 1.807) is 12.1 Å². The lowest BCUT2D eigenvalue weighted by Gasteiger charge is -2.26. The molecule has 1 fully saturated rings. The smallest absolute Gasteiger partial charge is 0.292 e. The molecule has 0 spiro atoms. The van der Waals surface area contributed by atoms with Crippen molar-refractivity contribution in [3.63, 3.8) is 0 Å². The number of benzene rings is 2. The maximum atomic E-state index is 12.2. The molecule has 2 aliphatic rings. The Morgan fingerprint density at radius 1 is 1.10 bits per heavy atom. The highest BCUT2D eigenvalue weighted by Crippen LogP contribution is 2.18. The molecule has 0 bridgehead atoms. The van der Waals surface area contributed by atoms with Crippen LogP contribution in [0.2, 0.25) is 0 Å². The minimum Gasteiger partial charge on any atom is -0.490 e. The van der Waals surface area contributed by atoms with Crippen molar-refractivity contribution in [1.82, 2.24) is 10.2 Å². The summed E-state index contributed by atoms with van der Waals surface area (Å²) in [6.45, 7) is 4.18. The van der Waals surface area contributed by atoms with Gasteiger partial charge in [-0.1, -0.05) is 36.8 Å². The minimum atomic E-state index is -0.226. The van der Waals surface area contributed by atoms with Crippen LogP contribution >= 0.6 is 0 Å². The van der Waals surface area contributed by atoms with E-state index in [0.29, 0.717) is 18.7 Å². The number of amidine groups is 1. The maximum absolute atomic E-state index is 12.2. The molecule has 0 saturated carbocycles. The Kier molecular flexibility index (Phi) is 6.42. The number of aliphatic imine (C=N–C) groups is 1. The fraction of sp³-hybridized carbons (Fsp3) is 0.391. The molecule has 2 heterocycles. The molecule has 0 radical (unpaired) electrons. The highest BCUT2D eigenvalue weighted by atomic mass is 16.6. The van der Waals surface area contributed by atoms with Gasteiger partial charge in [0, 0.05) is 12.1 Å². The van der Waals surface area contributed by atoms with Crippen LogP contribution < -0.4 is 10.1 Å². The average Bonchev–Trinajstić information content (AvgIpc) is 3.21. The van der Waals surface area contributed by atoms with Crippen molar-refractivity contribution in [2.45, 2.75) is 31.9 Å². The van der Waals surface area contributed by atoms with E-state index in [-0.39, 0.29) is 18.0 Å². The molecule has 1 N–H and O–H groups in total. The van der Waals surface area contributed by atoms with Crippen molar-refractivity contribution >= 4 is 11.9 Å². The molecule has 2 aliphatic heterocycles. The number of carbonyl (C=O) groups excluding carboxylic acids is 1. The summed E-state index contributed by atoms with van der Waals surface area (Å²) in [6, 6.07) is 17.5. The molecule has 2 aromatic rings. The zero-order valence-corrected chi connectivity index (χ0v) is 16.5. The molecule has 2 aromatic carbocycles. The summed E-state index contributed by atoms with van der Waals surface area (Å²) in [6.07, 6.45) is 3.72. The first kappa shape index (κ1) is 19.5. The number of hydrogen-bond acceptors (Lipinski definition) is 5. The number of likely N-dealkylation sites (tertiary alicyclic amines) is 1.